The zero-order chi connectivity index (χ0) is 16.4. The number of aromatic nitrogens is 2. The van der Waals surface area contributed by atoms with Gasteiger partial charge in [-0.1, -0.05) is 11.6 Å². The second-order valence-electron chi connectivity index (χ2n) is 4.75. The Hall–Kier alpha value is -2.77. The van der Waals surface area contributed by atoms with Crippen LogP contribution >= 0.6 is 11.6 Å². The van der Waals surface area contributed by atoms with Gasteiger partial charge in [-0.2, -0.15) is 0 Å². The molecule has 2 aromatic rings. The zero-order valence-corrected chi connectivity index (χ0v) is 12.5. The Labute approximate surface area is 136 Å². The van der Waals surface area contributed by atoms with E-state index in [-0.39, 0.29) is 5.70 Å². The molecule has 23 heavy (non-hydrogen) atoms. The van der Waals surface area contributed by atoms with Crippen LogP contribution in [0.2, 0.25) is 5.02 Å². The molecule has 1 aliphatic rings. The lowest BCUT2D eigenvalue weighted by Gasteiger charge is -2.36. The molecule has 1 aliphatic heterocycles. The van der Waals surface area contributed by atoms with Crippen LogP contribution in [0.25, 0.3) is 16.6 Å². The Bertz CT molecular complexity index is 820. The summed E-state index contributed by atoms with van der Waals surface area (Å²) in [6, 6.07) is 5.19. The van der Waals surface area contributed by atoms with Crippen LogP contribution in [-0.2, 0) is 0 Å². The third-order valence-electron chi connectivity index (χ3n) is 3.35. The molecule has 0 saturated carbocycles. The van der Waals surface area contributed by atoms with Crippen LogP contribution in [0.15, 0.2) is 54.8 Å². The lowest BCUT2D eigenvalue weighted by molar-refractivity contribution is -0.428. The summed E-state index contributed by atoms with van der Waals surface area (Å²) in [5, 5.41) is 15.9. The number of halogens is 1. The Kier molecular flexibility index (Phi) is 4.05. The monoisotopic (exact) mass is 328 g/mol. The van der Waals surface area contributed by atoms with Crippen LogP contribution in [0, 0.1) is 10.1 Å². The summed E-state index contributed by atoms with van der Waals surface area (Å²) in [4.78, 5) is 18.5. The van der Waals surface area contributed by atoms with Gasteiger partial charge in [0.15, 0.2) is 0 Å². The van der Waals surface area contributed by atoms with E-state index < -0.39 is 11.1 Å². The van der Waals surface area contributed by atoms with Crippen molar-refractivity contribution in [3.63, 3.8) is 0 Å². The average Bonchev–Trinajstić information content (AvgIpc) is 2.56. The maximum atomic E-state index is 11.2. The van der Waals surface area contributed by atoms with Crippen molar-refractivity contribution in [1.29, 1.82) is 0 Å². The largest absolute Gasteiger partial charge is 0.660 e. The van der Waals surface area contributed by atoms with Crippen LogP contribution in [0.1, 0.15) is 11.1 Å². The lowest BCUT2D eigenvalue weighted by Crippen LogP contribution is -2.28. The van der Waals surface area contributed by atoms with E-state index in [2.05, 4.69) is 15.3 Å². The number of nitro groups is 1. The van der Waals surface area contributed by atoms with E-state index in [1.165, 1.54) is 12.3 Å². The summed E-state index contributed by atoms with van der Waals surface area (Å²) < 4.78 is 0. The van der Waals surface area contributed by atoms with E-state index in [1.807, 2.05) is 0 Å². The first-order valence-corrected chi connectivity index (χ1v) is 7.02. The van der Waals surface area contributed by atoms with Crippen molar-refractivity contribution in [3.05, 3.63) is 86.3 Å². The second kappa shape index (κ2) is 6.15. The summed E-state index contributed by atoms with van der Waals surface area (Å²) in [6.07, 6.45) is 6.63. The van der Waals surface area contributed by atoms with E-state index in [9.17, 15) is 10.1 Å². The molecule has 2 N–H and O–H groups in total. The van der Waals surface area contributed by atoms with Crippen LogP contribution in [0.5, 0.6) is 0 Å². The molecule has 3 rings (SSSR count). The highest BCUT2D eigenvalue weighted by Crippen LogP contribution is 2.39. The van der Waals surface area contributed by atoms with Crippen molar-refractivity contribution in [3.8, 4) is 0 Å². The first kappa shape index (κ1) is 15.1. The molecule has 0 saturated heterocycles. The van der Waals surface area contributed by atoms with Gasteiger partial charge in [0.1, 0.15) is 0 Å². The van der Waals surface area contributed by atoms with Gasteiger partial charge >= 0.3 is 0 Å². The summed E-state index contributed by atoms with van der Waals surface area (Å²) in [5.74, 6) is 0. The minimum absolute atomic E-state index is 0.189. The maximum absolute atomic E-state index is 11.2. The molecule has 0 radical (unpaired) electrons. The second-order valence-corrected chi connectivity index (χ2v) is 5.16. The highest BCUT2D eigenvalue weighted by molar-refractivity contribution is 6.32. The Balaban J connectivity index is 2.25. The van der Waals surface area contributed by atoms with Gasteiger partial charge in [-0.15, -0.1) is 5.70 Å². The van der Waals surface area contributed by atoms with Crippen molar-refractivity contribution in [2.24, 2.45) is 5.73 Å². The summed E-state index contributed by atoms with van der Waals surface area (Å²) in [6.45, 7) is 0. The lowest BCUT2D eigenvalue weighted by atomic mass is 9.96. The molecule has 2 aromatic heterocycles. The molecule has 3 heterocycles. The smallest absolute Gasteiger partial charge is 0.245 e. The highest BCUT2D eigenvalue weighted by Gasteiger charge is 2.22. The van der Waals surface area contributed by atoms with E-state index in [0.29, 0.717) is 21.9 Å². The van der Waals surface area contributed by atoms with Crippen LogP contribution in [0.3, 0.4) is 0 Å². The van der Waals surface area contributed by atoms with Gasteiger partial charge in [-0.25, -0.2) is 0 Å². The first-order chi connectivity index (χ1) is 11.1. The van der Waals surface area contributed by atoms with Crippen molar-refractivity contribution in [1.82, 2.24) is 9.97 Å². The Morgan fingerprint density at radius 3 is 2.57 bits per heavy atom. The fourth-order valence-corrected chi connectivity index (χ4v) is 2.50. The van der Waals surface area contributed by atoms with Crippen LogP contribution in [0.4, 0.5) is 0 Å². The predicted molar refractivity (Wildman–Crippen MR) is 86.7 cm³/mol. The van der Waals surface area contributed by atoms with E-state index in [1.54, 1.807) is 36.8 Å². The van der Waals surface area contributed by atoms with Crippen LogP contribution in [-0.4, -0.2) is 21.1 Å². The molecule has 0 fully saturated rings. The number of pyridine rings is 2. The average molecular weight is 329 g/mol. The Morgan fingerprint density at radius 2 is 1.91 bits per heavy atom. The molecule has 1 unspecified atom stereocenters. The third kappa shape index (κ3) is 2.92. The number of allylic oxidation sites excluding steroid dienone is 2. The van der Waals surface area contributed by atoms with Crippen molar-refractivity contribution in [2.75, 3.05) is 0 Å². The molecule has 0 aromatic carbocycles. The van der Waals surface area contributed by atoms with Gasteiger partial charge in [0, 0.05) is 42.6 Å². The standard InChI is InChI=1S/C15H11ClN5O2/c16-12-8-19-6-3-10(12)11-7-13(21(22)23)15(17)20-14(11)9-1-4-18-5-2-9/h1-8,15H,17H2/q-1. The zero-order valence-electron chi connectivity index (χ0n) is 11.8. The predicted octanol–water partition coefficient (Wildman–Crippen LogP) is 2.83. The first-order valence-electron chi connectivity index (χ1n) is 6.65. The van der Waals surface area contributed by atoms with Crippen molar-refractivity contribution >= 4 is 22.9 Å². The fraction of sp³-hybridized carbons (Fsp3) is 0.0667. The quantitative estimate of drug-likeness (QED) is 0.688. The maximum Gasteiger partial charge on any atom is 0.245 e. The van der Waals surface area contributed by atoms with Gasteiger partial charge in [0.05, 0.1) is 9.95 Å². The number of nitrogens with two attached hydrogens (primary N) is 1. The summed E-state index contributed by atoms with van der Waals surface area (Å²) in [5.41, 5.74) is 8.02. The minimum Gasteiger partial charge on any atom is -0.660 e. The van der Waals surface area contributed by atoms with Crippen molar-refractivity contribution in [2.45, 2.75) is 6.17 Å². The van der Waals surface area contributed by atoms with Crippen LogP contribution < -0.4 is 5.73 Å². The molecule has 0 aliphatic carbocycles. The number of rotatable bonds is 3. The SMILES string of the molecule is NC1[N-]C(c2ccncc2)=C(c2ccncc2Cl)C=C1[N+](=O)[O-]. The highest BCUT2D eigenvalue weighted by atomic mass is 35.5. The number of hydrogen-bond donors (Lipinski definition) is 1. The van der Waals surface area contributed by atoms with Gasteiger partial charge in [-0.3, -0.25) is 20.1 Å². The van der Waals surface area contributed by atoms with Crippen molar-refractivity contribution < 1.29 is 4.92 Å². The Morgan fingerprint density at radius 1 is 1.22 bits per heavy atom. The third-order valence-corrected chi connectivity index (χ3v) is 3.65. The van der Waals surface area contributed by atoms with E-state index in [0.717, 1.165) is 5.56 Å². The molecule has 0 bridgehead atoms. The normalized spacial score (nSPS) is 17.5. The molecule has 7 nitrogen and oxygen atoms in total. The number of hydrogen-bond acceptors (Lipinski definition) is 5. The summed E-state index contributed by atoms with van der Waals surface area (Å²) >= 11 is 6.19. The minimum atomic E-state index is -1.04. The molecule has 0 amide bonds. The molecule has 116 valence electrons. The van der Waals surface area contributed by atoms with E-state index >= 15 is 0 Å². The topological polar surface area (TPSA) is 109 Å². The summed E-state index contributed by atoms with van der Waals surface area (Å²) in [7, 11) is 0. The molecule has 8 heteroatoms. The van der Waals surface area contributed by atoms with Gasteiger partial charge in [0.2, 0.25) is 5.70 Å². The van der Waals surface area contributed by atoms with Gasteiger partial charge in [0.25, 0.3) is 0 Å². The van der Waals surface area contributed by atoms with Gasteiger partial charge in [-0.05, 0) is 29.3 Å². The fourth-order valence-electron chi connectivity index (χ4n) is 2.28. The molecule has 0 spiro atoms. The van der Waals surface area contributed by atoms with E-state index in [4.69, 9.17) is 17.3 Å². The molecular formula is C15H11ClN5O2-. The molecular weight excluding hydrogens is 318 g/mol. The van der Waals surface area contributed by atoms with Gasteiger partial charge < -0.3 is 11.1 Å². The molecule has 1 atom stereocenters. The number of nitrogens with zero attached hydrogens (tertiary/aromatic N) is 4.